The van der Waals surface area contributed by atoms with Crippen LogP contribution in [-0.4, -0.2) is 22.4 Å². The number of aromatic amines is 1. The number of nitrogens with one attached hydrogen (secondary N) is 1. The Bertz CT molecular complexity index is 510. The van der Waals surface area contributed by atoms with E-state index in [1.54, 1.807) is 0 Å². The SMILES string of the molecule is NCc1c(OC(F)(F)F)c[nH]c(=O)c1CC(=O)O. The average molecular weight is 266 g/mol. The van der Waals surface area contributed by atoms with Gasteiger partial charge in [-0.1, -0.05) is 0 Å². The number of carboxylic acids is 1. The van der Waals surface area contributed by atoms with Gasteiger partial charge >= 0.3 is 12.3 Å². The highest BCUT2D eigenvalue weighted by Gasteiger charge is 2.33. The molecule has 0 unspecified atom stereocenters. The molecule has 100 valence electrons. The van der Waals surface area contributed by atoms with Crippen molar-refractivity contribution >= 4 is 5.97 Å². The highest BCUT2D eigenvalue weighted by molar-refractivity contribution is 5.71. The standard InChI is InChI=1S/C9H9F3N2O4/c10-9(11,12)18-6-3-14-8(17)4(1-7(15)16)5(6)2-13/h3H,1-2,13H2,(H,14,17)(H,15,16). The molecule has 0 fully saturated rings. The summed E-state index contributed by atoms with van der Waals surface area (Å²) in [5.74, 6) is -2.07. The number of halogens is 3. The number of nitrogens with two attached hydrogens (primary N) is 1. The molecule has 0 aliphatic heterocycles. The summed E-state index contributed by atoms with van der Waals surface area (Å²) in [5.41, 5.74) is 3.78. The number of aliphatic carboxylic acids is 1. The van der Waals surface area contributed by atoms with Crippen molar-refractivity contribution in [2.24, 2.45) is 5.73 Å². The summed E-state index contributed by atoms with van der Waals surface area (Å²) in [6.45, 7) is -0.446. The second kappa shape index (κ2) is 5.08. The van der Waals surface area contributed by atoms with E-state index in [1.165, 1.54) is 0 Å². The Balaban J connectivity index is 3.29. The highest BCUT2D eigenvalue weighted by Crippen LogP contribution is 2.26. The lowest BCUT2D eigenvalue weighted by atomic mass is 10.1. The van der Waals surface area contributed by atoms with Gasteiger partial charge in [0.2, 0.25) is 0 Å². The van der Waals surface area contributed by atoms with Crippen molar-refractivity contribution in [3.05, 3.63) is 27.7 Å². The van der Waals surface area contributed by atoms with Crippen molar-refractivity contribution in [3.63, 3.8) is 0 Å². The van der Waals surface area contributed by atoms with Gasteiger partial charge in [-0.25, -0.2) is 0 Å². The first-order valence-electron chi connectivity index (χ1n) is 4.65. The second-order valence-electron chi connectivity index (χ2n) is 3.26. The average Bonchev–Trinajstić information content (AvgIpc) is 2.20. The van der Waals surface area contributed by atoms with Crippen LogP contribution in [0.25, 0.3) is 0 Å². The fourth-order valence-electron chi connectivity index (χ4n) is 1.37. The molecule has 9 heteroatoms. The van der Waals surface area contributed by atoms with Crippen LogP contribution in [0.1, 0.15) is 11.1 Å². The van der Waals surface area contributed by atoms with Crippen LogP contribution >= 0.6 is 0 Å². The number of ether oxygens (including phenoxy) is 1. The minimum Gasteiger partial charge on any atom is -0.481 e. The van der Waals surface area contributed by atoms with E-state index in [9.17, 15) is 22.8 Å². The van der Waals surface area contributed by atoms with Crippen molar-refractivity contribution < 1.29 is 27.8 Å². The molecular formula is C9H9F3N2O4. The number of carbonyl (C=O) groups is 1. The zero-order chi connectivity index (χ0) is 13.9. The minimum atomic E-state index is -4.96. The van der Waals surface area contributed by atoms with Gasteiger partial charge in [0.25, 0.3) is 5.56 Å². The van der Waals surface area contributed by atoms with Crippen LogP contribution in [0.4, 0.5) is 13.2 Å². The normalized spacial score (nSPS) is 11.3. The van der Waals surface area contributed by atoms with Crippen LogP contribution < -0.4 is 16.0 Å². The number of rotatable bonds is 4. The van der Waals surface area contributed by atoms with E-state index >= 15 is 0 Å². The minimum absolute atomic E-state index is 0.279. The van der Waals surface area contributed by atoms with Gasteiger partial charge in [0.15, 0.2) is 0 Å². The molecule has 1 heterocycles. The Morgan fingerprint density at radius 2 is 2.06 bits per heavy atom. The Morgan fingerprint density at radius 3 is 2.50 bits per heavy atom. The lowest BCUT2D eigenvalue weighted by Crippen LogP contribution is -2.24. The van der Waals surface area contributed by atoms with Crippen LogP contribution in [0.2, 0.25) is 0 Å². The van der Waals surface area contributed by atoms with Crippen LogP contribution in [-0.2, 0) is 17.8 Å². The summed E-state index contributed by atoms with van der Waals surface area (Å²) < 4.78 is 39.9. The molecule has 18 heavy (non-hydrogen) atoms. The predicted molar refractivity (Wildman–Crippen MR) is 53.0 cm³/mol. The third-order valence-electron chi connectivity index (χ3n) is 2.03. The Kier molecular flexibility index (Phi) is 3.96. The first-order chi connectivity index (χ1) is 8.24. The number of aromatic nitrogens is 1. The third-order valence-corrected chi connectivity index (χ3v) is 2.03. The molecule has 0 atom stereocenters. The lowest BCUT2D eigenvalue weighted by Gasteiger charge is -2.14. The smallest absolute Gasteiger partial charge is 0.481 e. The summed E-state index contributed by atoms with van der Waals surface area (Å²) in [6, 6.07) is 0. The zero-order valence-electron chi connectivity index (χ0n) is 8.87. The Morgan fingerprint density at radius 1 is 1.44 bits per heavy atom. The fourth-order valence-corrected chi connectivity index (χ4v) is 1.37. The molecule has 0 bridgehead atoms. The molecule has 1 aromatic rings. The van der Waals surface area contributed by atoms with Crippen molar-refractivity contribution in [1.82, 2.24) is 4.98 Å². The molecule has 0 spiro atoms. The maximum absolute atomic E-state index is 12.1. The van der Waals surface area contributed by atoms with Gasteiger partial charge in [-0.15, -0.1) is 13.2 Å². The molecule has 4 N–H and O–H groups in total. The van der Waals surface area contributed by atoms with E-state index in [2.05, 4.69) is 4.74 Å². The number of hydrogen-bond donors (Lipinski definition) is 3. The fraction of sp³-hybridized carbons (Fsp3) is 0.333. The van der Waals surface area contributed by atoms with E-state index in [1.807, 2.05) is 4.98 Å². The van der Waals surface area contributed by atoms with Crippen molar-refractivity contribution in [2.75, 3.05) is 0 Å². The van der Waals surface area contributed by atoms with E-state index in [0.29, 0.717) is 6.20 Å². The number of carboxylic acid groups (broad SMARTS) is 1. The van der Waals surface area contributed by atoms with E-state index in [4.69, 9.17) is 10.8 Å². The van der Waals surface area contributed by atoms with Crippen molar-refractivity contribution in [3.8, 4) is 5.75 Å². The van der Waals surface area contributed by atoms with Gasteiger partial charge in [0, 0.05) is 23.9 Å². The van der Waals surface area contributed by atoms with Crippen LogP contribution in [0, 0.1) is 0 Å². The van der Waals surface area contributed by atoms with E-state index < -0.39 is 36.6 Å². The van der Waals surface area contributed by atoms with Crippen LogP contribution in [0.5, 0.6) is 5.75 Å². The van der Waals surface area contributed by atoms with Gasteiger partial charge in [-0.3, -0.25) is 9.59 Å². The van der Waals surface area contributed by atoms with Gasteiger partial charge in [0.05, 0.1) is 6.42 Å². The summed E-state index contributed by atoms with van der Waals surface area (Å²) in [4.78, 5) is 23.8. The first-order valence-corrected chi connectivity index (χ1v) is 4.65. The molecule has 0 amide bonds. The molecule has 6 nitrogen and oxygen atoms in total. The van der Waals surface area contributed by atoms with Gasteiger partial charge in [-0.2, -0.15) is 0 Å². The number of pyridine rings is 1. The summed E-state index contributed by atoms with van der Waals surface area (Å²) in [7, 11) is 0. The Hall–Kier alpha value is -2.03. The van der Waals surface area contributed by atoms with Crippen molar-refractivity contribution in [1.29, 1.82) is 0 Å². The quantitative estimate of drug-likeness (QED) is 0.729. The van der Waals surface area contributed by atoms with Gasteiger partial charge in [0.1, 0.15) is 5.75 Å². The van der Waals surface area contributed by atoms with Crippen LogP contribution in [0.15, 0.2) is 11.0 Å². The number of hydrogen-bond acceptors (Lipinski definition) is 4. The molecule has 0 radical (unpaired) electrons. The maximum atomic E-state index is 12.1. The molecule has 0 saturated carbocycles. The summed E-state index contributed by atoms with van der Waals surface area (Å²) in [5, 5.41) is 8.58. The third kappa shape index (κ3) is 3.48. The van der Waals surface area contributed by atoms with Crippen LogP contribution in [0.3, 0.4) is 0 Å². The topological polar surface area (TPSA) is 105 Å². The second-order valence-corrected chi connectivity index (χ2v) is 3.26. The molecular weight excluding hydrogens is 257 g/mol. The first kappa shape index (κ1) is 14.0. The molecule has 0 aliphatic carbocycles. The lowest BCUT2D eigenvalue weighted by molar-refractivity contribution is -0.275. The molecule has 1 aromatic heterocycles. The molecule has 0 aliphatic rings. The Labute approximate surface area is 98.2 Å². The van der Waals surface area contributed by atoms with E-state index in [0.717, 1.165) is 0 Å². The molecule has 0 saturated heterocycles. The van der Waals surface area contributed by atoms with Gasteiger partial charge < -0.3 is 20.6 Å². The molecule has 1 rings (SSSR count). The summed E-state index contributed by atoms with van der Waals surface area (Å²) in [6.07, 6.45) is -5.00. The van der Waals surface area contributed by atoms with Gasteiger partial charge in [-0.05, 0) is 0 Å². The predicted octanol–water partition coefficient (Wildman–Crippen LogP) is 0.359. The largest absolute Gasteiger partial charge is 0.573 e. The highest BCUT2D eigenvalue weighted by atomic mass is 19.4. The van der Waals surface area contributed by atoms with E-state index in [-0.39, 0.29) is 11.1 Å². The number of alkyl halides is 3. The monoisotopic (exact) mass is 266 g/mol. The maximum Gasteiger partial charge on any atom is 0.573 e. The zero-order valence-corrected chi connectivity index (χ0v) is 8.87. The number of H-pyrrole nitrogens is 1. The van der Waals surface area contributed by atoms with Crippen molar-refractivity contribution in [2.45, 2.75) is 19.3 Å². The summed E-state index contributed by atoms with van der Waals surface area (Å²) >= 11 is 0. The molecule has 0 aromatic carbocycles.